The normalized spacial score (nSPS) is 24.4. The van der Waals surface area contributed by atoms with Gasteiger partial charge in [-0.2, -0.15) is 11.8 Å². The number of ether oxygens (including phenoxy) is 2. The molecule has 1 amide bonds. The third kappa shape index (κ3) is 5.25. The lowest BCUT2D eigenvalue weighted by Crippen LogP contribution is -2.42. The predicted octanol–water partition coefficient (Wildman–Crippen LogP) is -1.03. The van der Waals surface area contributed by atoms with Gasteiger partial charge in [-0.3, -0.25) is 4.79 Å². The number of thioether (sulfide) groups is 1. The van der Waals surface area contributed by atoms with Gasteiger partial charge in [0.15, 0.2) is 6.23 Å². The number of fused-ring (bicyclic) bond motifs is 1. The number of carboxylic acid groups (broad SMARTS) is 1. The number of aliphatic hydroxyl groups is 2. The van der Waals surface area contributed by atoms with E-state index in [-0.39, 0.29) is 13.0 Å². The van der Waals surface area contributed by atoms with Gasteiger partial charge in [0.1, 0.15) is 42.6 Å². The third-order valence-corrected chi connectivity index (χ3v) is 5.98. The highest BCUT2D eigenvalue weighted by atomic mass is 32.2. The number of aromatic nitrogens is 3. The van der Waals surface area contributed by atoms with Crippen molar-refractivity contribution in [3.05, 3.63) is 18.6 Å². The lowest BCUT2D eigenvalue weighted by Gasteiger charge is -2.17. The number of hydrogen-bond acceptors (Lipinski definition) is 10. The molecule has 0 bridgehead atoms. The molecule has 1 fully saturated rings. The Labute approximate surface area is 181 Å². The summed E-state index contributed by atoms with van der Waals surface area (Å²) in [5.74, 6) is -0.631. The van der Waals surface area contributed by atoms with Crippen molar-refractivity contribution in [3.8, 4) is 0 Å². The molecule has 1 aliphatic heterocycles. The zero-order valence-electron chi connectivity index (χ0n) is 16.7. The first-order chi connectivity index (χ1) is 14.8. The van der Waals surface area contributed by atoms with Gasteiger partial charge in [-0.25, -0.2) is 14.8 Å². The van der Waals surface area contributed by atoms with E-state index in [1.54, 1.807) is 16.8 Å². The van der Waals surface area contributed by atoms with Crippen molar-refractivity contribution in [1.82, 2.24) is 19.9 Å². The molecule has 2 aromatic heterocycles. The van der Waals surface area contributed by atoms with Crippen LogP contribution >= 0.6 is 11.8 Å². The Morgan fingerprint density at radius 3 is 2.87 bits per heavy atom. The average Bonchev–Trinajstić information content (AvgIpc) is 3.27. The van der Waals surface area contributed by atoms with E-state index in [9.17, 15) is 24.9 Å². The summed E-state index contributed by atoms with van der Waals surface area (Å²) in [7, 11) is 1.35. The van der Waals surface area contributed by atoms with E-state index in [0.29, 0.717) is 28.4 Å². The zero-order chi connectivity index (χ0) is 22.5. The van der Waals surface area contributed by atoms with E-state index >= 15 is 0 Å². The standard InChI is InChI=1S/C18H25N5O7S/c1-29-6-12(24)22-10(18(27)28)3-5-31-7-11-13(25)14(26)17(30-11)23-4-2-9-15(19)20-8-21-16(9)23/h2,4,8,10-11,13-14,17,25-26H,3,5-7H2,1H3,(H,22,24)(H,27,28)(H2,19,20,21)/t10-,11+,13+,14+,17+/m0/s1. The number of carbonyl (C=O) groups excluding carboxylic acids is 1. The predicted molar refractivity (Wildman–Crippen MR) is 111 cm³/mol. The van der Waals surface area contributed by atoms with Gasteiger partial charge in [0.25, 0.3) is 0 Å². The van der Waals surface area contributed by atoms with Crippen molar-refractivity contribution in [2.45, 2.75) is 37.0 Å². The molecule has 3 rings (SSSR count). The summed E-state index contributed by atoms with van der Waals surface area (Å²) in [6.07, 6.45) is -0.693. The molecule has 1 aliphatic rings. The molecule has 0 radical (unpaired) electrons. The van der Waals surface area contributed by atoms with E-state index in [4.69, 9.17) is 10.5 Å². The minimum Gasteiger partial charge on any atom is -0.480 e. The molecule has 1 saturated heterocycles. The smallest absolute Gasteiger partial charge is 0.326 e. The molecule has 0 aromatic carbocycles. The Balaban J connectivity index is 1.55. The molecule has 13 heteroatoms. The van der Waals surface area contributed by atoms with Crippen molar-refractivity contribution < 1.29 is 34.4 Å². The van der Waals surface area contributed by atoms with Crippen molar-refractivity contribution in [1.29, 1.82) is 0 Å². The van der Waals surface area contributed by atoms with Crippen molar-refractivity contribution in [2.75, 3.05) is 31.0 Å². The summed E-state index contributed by atoms with van der Waals surface area (Å²) in [4.78, 5) is 30.9. The number of nitrogens with one attached hydrogen (secondary N) is 1. The SMILES string of the molecule is COCC(=O)N[C@@H](CCSC[C@H]1O[C@@H](n2ccc3c(N)ncnc32)[C@H](O)[C@@H]1O)C(=O)O. The fourth-order valence-corrected chi connectivity index (χ4v) is 4.39. The van der Waals surface area contributed by atoms with Crippen LogP contribution in [-0.2, 0) is 19.1 Å². The lowest BCUT2D eigenvalue weighted by molar-refractivity contribution is -0.142. The maximum absolute atomic E-state index is 11.5. The summed E-state index contributed by atoms with van der Waals surface area (Å²) in [5, 5.41) is 33.1. The van der Waals surface area contributed by atoms with Crippen LogP contribution in [0.5, 0.6) is 0 Å². The largest absolute Gasteiger partial charge is 0.480 e. The molecule has 0 spiro atoms. The molecule has 170 valence electrons. The van der Waals surface area contributed by atoms with E-state index in [1.807, 2.05) is 0 Å². The van der Waals surface area contributed by atoms with Crippen LogP contribution in [0.2, 0.25) is 0 Å². The van der Waals surface area contributed by atoms with Crippen LogP contribution in [0.25, 0.3) is 11.0 Å². The molecule has 5 atom stereocenters. The van der Waals surface area contributed by atoms with Gasteiger partial charge in [0.05, 0.1) is 11.5 Å². The minimum atomic E-state index is -1.18. The number of nitrogens with zero attached hydrogens (tertiary/aromatic N) is 3. The Morgan fingerprint density at radius 1 is 1.39 bits per heavy atom. The first-order valence-corrected chi connectivity index (χ1v) is 10.7. The third-order valence-electron chi connectivity index (χ3n) is 4.89. The first kappa shape index (κ1) is 23.2. The highest BCUT2D eigenvalue weighted by molar-refractivity contribution is 7.99. The summed E-state index contributed by atoms with van der Waals surface area (Å²) in [6.45, 7) is -0.219. The second-order valence-corrected chi connectivity index (χ2v) is 8.17. The Kier molecular flexibility index (Phi) is 7.67. The number of anilines is 1. The molecule has 0 unspecified atom stereocenters. The molecule has 12 nitrogen and oxygen atoms in total. The monoisotopic (exact) mass is 455 g/mol. The Hall–Kier alpha value is -2.45. The quantitative estimate of drug-likeness (QED) is 0.276. The number of rotatable bonds is 10. The number of carboxylic acids is 1. The molecular formula is C18H25N5O7S. The number of aliphatic hydroxyl groups excluding tert-OH is 2. The molecule has 31 heavy (non-hydrogen) atoms. The fraction of sp³-hybridized carbons (Fsp3) is 0.556. The van der Waals surface area contributed by atoms with Crippen LogP contribution in [0.1, 0.15) is 12.6 Å². The average molecular weight is 455 g/mol. The van der Waals surface area contributed by atoms with Gasteiger partial charge in [-0.1, -0.05) is 0 Å². The first-order valence-electron chi connectivity index (χ1n) is 9.51. The lowest BCUT2D eigenvalue weighted by atomic mass is 10.1. The summed E-state index contributed by atoms with van der Waals surface area (Å²) in [5.41, 5.74) is 6.32. The van der Waals surface area contributed by atoms with E-state index in [2.05, 4.69) is 20.0 Å². The molecule has 3 heterocycles. The topological polar surface area (TPSA) is 182 Å². The van der Waals surface area contributed by atoms with Crippen LogP contribution in [-0.4, -0.2) is 91.3 Å². The molecule has 6 N–H and O–H groups in total. The van der Waals surface area contributed by atoms with Gasteiger partial charge in [0, 0.05) is 19.1 Å². The second kappa shape index (κ2) is 10.2. The second-order valence-electron chi connectivity index (χ2n) is 7.02. The van der Waals surface area contributed by atoms with E-state index < -0.39 is 42.5 Å². The van der Waals surface area contributed by atoms with E-state index in [1.165, 1.54) is 25.2 Å². The van der Waals surface area contributed by atoms with Crippen LogP contribution < -0.4 is 11.1 Å². The number of hydrogen-bond donors (Lipinski definition) is 5. The van der Waals surface area contributed by atoms with E-state index in [0.717, 1.165) is 0 Å². The van der Waals surface area contributed by atoms with Gasteiger partial charge in [0.2, 0.25) is 5.91 Å². The highest BCUT2D eigenvalue weighted by Crippen LogP contribution is 2.34. The van der Waals surface area contributed by atoms with Crippen molar-refractivity contribution in [3.63, 3.8) is 0 Å². The minimum absolute atomic E-state index is 0.183. The van der Waals surface area contributed by atoms with Crippen LogP contribution in [0, 0.1) is 0 Å². The number of nitrogens with two attached hydrogens (primary N) is 1. The number of nitrogen functional groups attached to an aromatic ring is 1. The van der Waals surface area contributed by atoms with Gasteiger partial charge >= 0.3 is 5.97 Å². The maximum Gasteiger partial charge on any atom is 0.326 e. The Morgan fingerprint density at radius 2 is 2.16 bits per heavy atom. The number of carbonyl (C=O) groups is 2. The zero-order valence-corrected chi connectivity index (χ0v) is 17.6. The summed E-state index contributed by atoms with van der Waals surface area (Å²) in [6, 6.07) is 0.665. The van der Waals surface area contributed by atoms with Crippen molar-refractivity contribution >= 4 is 40.5 Å². The van der Waals surface area contributed by atoms with Crippen LogP contribution in [0.3, 0.4) is 0 Å². The molecule has 0 saturated carbocycles. The molecule has 0 aliphatic carbocycles. The molecular weight excluding hydrogens is 430 g/mol. The van der Waals surface area contributed by atoms with Gasteiger partial charge < -0.3 is 40.4 Å². The fourth-order valence-electron chi connectivity index (χ4n) is 3.32. The van der Waals surface area contributed by atoms with Gasteiger partial charge in [-0.05, 0) is 18.2 Å². The number of aliphatic carboxylic acids is 1. The van der Waals surface area contributed by atoms with Crippen molar-refractivity contribution in [2.24, 2.45) is 0 Å². The van der Waals surface area contributed by atoms with Crippen LogP contribution in [0.15, 0.2) is 18.6 Å². The van der Waals surface area contributed by atoms with Gasteiger partial charge in [-0.15, -0.1) is 0 Å². The van der Waals surface area contributed by atoms with Crippen LogP contribution in [0.4, 0.5) is 5.82 Å². The number of amides is 1. The Bertz CT molecular complexity index is 926. The summed E-state index contributed by atoms with van der Waals surface area (Å²) >= 11 is 1.35. The number of methoxy groups -OCH3 is 1. The summed E-state index contributed by atoms with van der Waals surface area (Å²) < 4.78 is 12.1. The highest BCUT2D eigenvalue weighted by Gasteiger charge is 2.43. The maximum atomic E-state index is 11.5. The molecule has 2 aromatic rings.